The second-order valence-electron chi connectivity index (χ2n) is 5.57. The number of hydrogen-bond acceptors (Lipinski definition) is 1. The maximum absolute atomic E-state index is 4.44. The molecular weight excluding hydrogens is 252 g/mol. The molecule has 0 spiro atoms. The fourth-order valence-electron chi connectivity index (χ4n) is 2.54. The molecule has 0 atom stereocenters. The summed E-state index contributed by atoms with van der Waals surface area (Å²) in [5.74, 6) is 4.24. The van der Waals surface area contributed by atoms with E-state index in [4.69, 9.17) is 0 Å². The van der Waals surface area contributed by atoms with Gasteiger partial charge in [-0.2, -0.15) is 5.10 Å². The van der Waals surface area contributed by atoms with Crippen molar-refractivity contribution in [1.82, 2.24) is 9.78 Å². The van der Waals surface area contributed by atoms with E-state index in [1.54, 1.807) is 4.90 Å². The third kappa shape index (κ3) is 4.87. The average molecular weight is 285 g/mol. The number of hydrogen-bond donors (Lipinski definition) is 0. The first-order chi connectivity index (χ1) is 9.18. The Morgan fingerprint density at radius 3 is 1.74 bits per heavy atom. The highest BCUT2D eigenvalue weighted by molar-refractivity contribution is 8.33. The number of aromatic nitrogens is 2. The number of nitrogens with zero attached hydrogens (tertiary/aromatic N) is 2. The summed E-state index contributed by atoms with van der Waals surface area (Å²) in [5, 5.41) is 4.44. The van der Waals surface area contributed by atoms with Crippen LogP contribution >= 0.6 is 10.0 Å². The topological polar surface area (TPSA) is 17.8 Å². The Morgan fingerprint density at radius 2 is 1.42 bits per heavy atom. The lowest BCUT2D eigenvalue weighted by Gasteiger charge is -2.40. The molecule has 1 aromatic heterocycles. The van der Waals surface area contributed by atoms with Gasteiger partial charge in [-0.25, -0.2) is 10.0 Å². The van der Waals surface area contributed by atoms with Crippen molar-refractivity contribution in [3.8, 4) is 0 Å². The molecule has 0 N–H and O–H groups in total. The van der Waals surface area contributed by atoms with E-state index in [0.717, 1.165) is 0 Å². The predicted molar refractivity (Wildman–Crippen MR) is 88.4 cm³/mol. The van der Waals surface area contributed by atoms with Gasteiger partial charge in [0.05, 0.1) is 6.20 Å². The molecule has 0 bridgehead atoms. The zero-order valence-corrected chi connectivity index (χ0v) is 14.1. The molecule has 0 fully saturated rings. The molecule has 112 valence electrons. The van der Waals surface area contributed by atoms with Gasteiger partial charge in [-0.05, 0) is 36.5 Å². The van der Waals surface area contributed by atoms with Gasteiger partial charge in [0.15, 0.2) is 0 Å². The number of rotatable bonds is 10. The Hall–Kier alpha value is -0.440. The van der Waals surface area contributed by atoms with E-state index in [9.17, 15) is 0 Å². The van der Waals surface area contributed by atoms with Crippen molar-refractivity contribution in [2.24, 2.45) is 7.05 Å². The van der Waals surface area contributed by atoms with Crippen LogP contribution in [0.5, 0.6) is 0 Å². The van der Waals surface area contributed by atoms with E-state index in [1.807, 2.05) is 11.7 Å². The highest BCUT2D eigenvalue weighted by atomic mass is 32.3. The fraction of sp³-hybridized carbons (Fsp3) is 0.812. The summed E-state index contributed by atoms with van der Waals surface area (Å²) in [6, 6.07) is 0. The lowest BCUT2D eigenvalue weighted by atomic mass is 10.4. The first-order valence-corrected chi connectivity index (χ1v) is 10.1. The van der Waals surface area contributed by atoms with Crippen LogP contribution in [-0.2, 0) is 7.05 Å². The zero-order valence-electron chi connectivity index (χ0n) is 13.3. The standard InChI is InChI=1S/C16H32N2S/c1-5-8-11-19(12-9-6-2,13-10-7-3)16-14-17-18(4)15-16/h14-15H,5-13H2,1-4H3. The Bertz CT molecular complexity index is 324. The quantitative estimate of drug-likeness (QED) is 0.592. The smallest absolute Gasteiger partial charge is 0.0610 e. The number of aryl methyl sites for hydroxylation is 1. The van der Waals surface area contributed by atoms with Crippen LogP contribution < -0.4 is 0 Å². The summed E-state index contributed by atoms with van der Waals surface area (Å²) in [6.45, 7) is 6.94. The van der Waals surface area contributed by atoms with Crippen LogP contribution in [0.2, 0.25) is 0 Å². The third-order valence-electron chi connectivity index (χ3n) is 3.85. The molecule has 0 saturated carbocycles. The second kappa shape index (κ2) is 8.68. The molecule has 1 heterocycles. The van der Waals surface area contributed by atoms with Gasteiger partial charge in [0, 0.05) is 18.1 Å². The average Bonchev–Trinajstić information content (AvgIpc) is 2.85. The van der Waals surface area contributed by atoms with Crippen molar-refractivity contribution >= 4 is 10.0 Å². The van der Waals surface area contributed by atoms with E-state index < -0.39 is 10.0 Å². The monoisotopic (exact) mass is 284 g/mol. The van der Waals surface area contributed by atoms with Gasteiger partial charge >= 0.3 is 0 Å². The van der Waals surface area contributed by atoms with E-state index in [0.29, 0.717) is 0 Å². The SMILES string of the molecule is CCCCS(CCCC)(CCCC)c1cnn(C)c1. The molecule has 2 nitrogen and oxygen atoms in total. The number of unbranched alkanes of at least 4 members (excludes halogenated alkanes) is 3. The van der Waals surface area contributed by atoms with E-state index in [2.05, 4.69) is 38.3 Å². The zero-order chi connectivity index (χ0) is 14.1. The van der Waals surface area contributed by atoms with Crippen molar-refractivity contribution in [2.45, 2.75) is 64.2 Å². The van der Waals surface area contributed by atoms with Gasteiger partial charge in [0.25, 0.3) is 0 Å². The third-order valence-corrected chi connectivity index (χ3v) is 8.27. The molecule has 0 amide bonds. The van der Waals surface area contributed by atoms with Crippen molar-refractivity contribution in [1.29, 1.82) is 0 Å². The molecule has 0 aliphatic carbocycles. The molecule has 0 aromatic carbocycles. The molecule has 0 aliphatic heterocycles. The second-order valence-corrected chi connectivity index (χ2v) is 9.36. The minimum atomic E-state index is -0.624. The van der Waals surface area contributed by atoms with Crippen LogP contribution in [0.4, 0.5) is 0 Å². The highest BCUT2D eigenvalue weighted by Gasteiger charge is 2.26. The molecule has 0 saturated heterocycles. The predicted octanol–water partition coefficient (Wildman–Crippen LogP) is 4.98. The van der Waals surface area contributed by atoms with Crippen LogP contribution in [0.3, 0.4) is 0 Å². The Morgan fingerprint density at radius 1 is 0.947 bits per heavy atom. The Labute approximate surface area is 121 Å². The summed E-state index contributed by atoms with van der Waals surface area (Å²) >= 11 is 0. The van der Waals surface area contributed by atoms with Crippen molar-refractivity contribution in [3.63, 3.8) is 0 Å². The molecule has 0 unspecified atom stereocenters. The normalized spacial score (nSPS) is 12.8. The van der Waals surface area contributed by atoms with Crippen LogP contribution in [0.25, 0.3) is 0 Å². The summed E-state index contributed by atoms with van der Waals surface area (Å²) in [7, 11) is 1.42. The lowest BCUT2D eigenvalue weighted by molar-refractivity contribution is 0.766. The molecule has 3 heteroatoms. The van der Waals surface area contributed by atoms with Crippen LogP contribution in [0.1, 0.15) is 59.3 Å². The Kier molecular flexibility index (Phi) is 7.59. The summed E-state index contributed by atoms with van der Waals surface area (Å²) in [6.07, 6.45) is 12.5. The van der Waals surface area contributed by atoms with Crippen LogP contribution in [-0.4, -0.2) is 27.0 Å². The van der Waals surface area contributed by atoms with Gasteiger partial charge in [0.1, 0.15) is 0 Å². The maximum Gasteiger partial charge on any atom is 0.0610 e. The highest BCUT2D eigenvalue weighted by Crippen LogP contribution is 2.57. The van der Waals surface area contributed by atoms with Gasteiger partial charge in [-0.15, -0.1) is 0 Å². The lowest BCUT2D eigenvalue weighted by Crippen LogP contribution is -2.14. The van der Waals surface area contributed by atoms with Gasteiger partial charge in [-0.3, -0.25) is 4.68 Å². The molecular formula is C16H32N2S. The van der Waals surface area contributed by atoms with Crippen LogP contribution in [0.15, 0.2) is 17.3 Å². The van der Waals surface area contributed by atoms with Crippen molar-refractivity contribution in [3.05, 3.63) is 12.4 Å². The Balaban J connectivity index is 2.93. The molecule has 19 heavy (non-hydrogen) atoms. The van der Waals surface area contributed by atoms with E-state index in [1.165, 1.54) is 55.8 Å². The first kappa shape index (κ1) is 16.6. The summed E-state index contributed by atoms with van der Waals surface area (Å²) < 4.78 is 1.99. The first-order valence-electron chi connectivity index (χ1n) is 7.93. The largest absolute Gasteiger partial charge is 0.275 e. The minimum absolute atomic E-state index is 0.624. The van der Waals surface area contributed by atoms with Gasteiger partial charge < -0.3 is 0 Å². The molecule has 0 aliphatic rings. The van der Waals surface area contributed by atoms with Crippen molar-refractivity contribution in [2.75, 3.05) is 17.3 Å². The summed E-state index contributed by atoms with van der Waals surface area (Å²) in [5.41, 5.74) is 0. The van der Waals surface area contributed by atoms with Gasteiger partial charge in [0.2, 0.25) is 0 Å². The summed E-state index contributed by atoms with van der Waals surface area (Å²) in [4.78, 5) is 1.56. The molecule has 1 rings (SSSR count). The van der Waals surface area contributed by atoms with Crippen LogP contribution in [0, 0.1) is 0 Å². The molecule has 0 radical (unpaired) electrons. The van der Waals surface area contributed by atoms with E-state index in [-0.39, 0.29) is 0 Å². The minimum Gasteiger partial charge on any atom is -0.275 e. The maximum atomic E-state index is 4.44. The van der Waals surface area contributed by atoms with Gasteiger partial charge in [-0.1, -0.05) is 40.0 Å². The van der Waals surface area contributed by atoms with Crippen molar-refractivity contribution < 1.29 is 0 Å². The molecule has 1 aromatic rings. The van der Waals surface area contributed by atoms with E-state index >= 15 is 0 Å². The fourth-order valence-corrected chi connectivity index (χ4v) is 7.03.